The molecule has 0 amide bonds. The summed E-state index contributed by atoms with van der Waals surface area (Å²) in [5, 5.41) is 48.1. The minimum atomic E-state index is -0.00948. The smallest absolute Gasteiger partial charge is 0.193 e. The van der Waals surface area contributed by atoms with Crippen LogP contribution in [0.5, 0.6) is 5.75 Å². The predicted octanol–water partition coefficient (Wildman–Crippen LogP) is 18.4. The van der Waals surface area contributed by atoms with Crippen molar-refractivity contribution in [2.24, 2.45) is 0 Å². The number of aryl methyl sites for hydroxylation is 1. The molecule has 13 aromatic rings. The second-order valence-electron chi connectivity index (χ2n) is 19.6. The first-order valence-electron chi connectivity index (χ1n) is 28.2. The van der Waals surface area contributed by atoms with Crippen molar-refractivity contribution in [1.82, 2.24) is 40.8 Å². The van der Waals surface area contributed by atoms with Gasteiger partial charge in [-0.1, -0.05) is 211 Å². The zero-order valence-corrected chi connectivity index (χ0v) is 49.9. The Hall–Kier alpha value is -11.5. The van der Waals surface area contributed by atoms with E-state index in [1.807, 2.05) is 298 Å². The summed E-state index contributed by atoms with van der Waals surface area (Å²) in [6, 6.07) is 92.7. The van der Waals surface area contributed by atoms with E-state index >= 15 is 0 Å². The van der Waals surface area contributed by atoms with Crippen LogP contribution in [0, 0.1) is 6.92 Å². The van der Waals surface area contributed by atoms with Crippen LogP contribution in [0.2, 0.25) is 10.0 Å². The Morgan fingerprint density at radius 1 is 0.337 bits per heavy atom. The van der Waals surface area contributed by atoms with Gasteiger partial charge in [-0.2, -0.15) is 0 Å². The maximum absolute atomic E-state index is 12.6. The number of aromatic nitrogens is 8. The summed E-state index contributed by atoms with van der Waals surface area (Å²) < 4.78 is 5.30. The van der Waals surface area contributed by atoms with Crippen LogP contribution in [0.1, 0.15) is 21.5 Å². The van der Waals surface area contributed by atoms with E-state index in [0.717, 1.165) is 84.9 Å². The summed E-state index contributed by atoms with van der Waals surface area (Å²) in [5.74, 6) is 3.48. The van der Waals surface area contributed by atoms with Gasteiger partial charge in [0.25, 0.3) is 0 Å². The van der Waals surface area contributed by atoms with Gasteiger partial charge in [0.1, 0.15) is 5.75 Å². The van der Waals surface area contributed by atoms with Gasteiger partial charge >= 0.3 is 0 Å². The molecule has 16 heteroatoms. The highest BCUT2D eigenvalue weighted by atomic mass is 35.5. The van der Waals surface area contributed by atoms with Crippen molar-refractivity contribution in [2.75, 3.05) is 28.4 Å². The molecule has 4 aromatic heterocycles. The number of ether oxygens (including phenoxy) is 1. The Labute approximate surface area is 526 Å². The molecule has 0 unspecified atom stereocenters. The first-order chi connectivity index (χ1) is 43.7. The molecule has 89 heavy (non-hydrogen) atoms. The van der Waals surface area contributed by atoms with Gasteiger partial charge < -0.3 is 26.0 Å². The van der Waals surface area contributed by atoms with Crippen molar-refractivity contribution in [3.63, 3.8) is 0 Å². The zero-order valence-electron chi connectivity index (χ0n) is 48.4. The molecule has 436 valence electrons. The number of benzene rings is 9. The van der Waals surface area contributed by atoms with Gasteiger partial charge in [-0.3, -0.25) is 4.79 Å². The second kappa shape index (κ2) is 31.1. The van der Waals surface area contributed by atoms with E-state index in [2.05, 4.69) is 62.1 Å². The molecule has 0 saturated carbocycles. The van der Waals surface area contributed by atoms with Gasteiger partial charge in [0.05, 0.1) is 35.6 Å². The fraction of sp³-hybridized carbons (Fsp3) is 0.0274. The van der Waals surface area contributed by atoms with Crippen molar-refractivity contribution in [3.05, 3.63) is 318 Å². The van der Waals surface area contributed by atoms with Crippen LogP contribution in [0.25, 0.3) is 45.0 Å². The van der Waals surface area contributed by atoms with E-state index in [0.29, 0.717) is 38.6 Å². The van der Waals surface area contributed by atoms with Crippen molar-refractivity contribution < 1.29 is 9.53 Å². The molecule has 0 aliphatic rings. The first kappa shape index (κ1) is 60.7. The Morgan fingerprint density at radius 3 is 1.16 bits per heavy atom. The fourth-order valence-electron chi connectivity index (χ4n) is 8.79. The predicted molar refractivity (Wildman–Crippen MR) is 360 cm³/mol. The topological polar surface area (TPSA) is 178 Å². The number of nitrogens with zero attached hydrogens (tertiary/aromatic N) is 8. The number of rotatable bonds is 15. The standard InChI is InChI=1S/C23H17N3O.C17H14ClN3.C17H15N3O.C16H12ClN3/c27-23(18-10-5-2-6-11-18)19-12-7-13-20(16-19)24-22-15-14-21(25-26-22)17-8-3-1-4-9-17;1-12-10-16(13-6-3-2-4-7-13)20-21-17(12)19-15-9-5-8-14(18)11-15;1-21-16-10-6-5-9-15(16)18-17-12-11-14(19-20-17)13-7-3-2-4-8-13;17-13-7-4-8-14(11-13)18-16-10-9-15(19-20-16)12-5-2-1-3-6-12/h1-16H,(H,24,26);2-11H,1H3,(H,19,21);2-12H,1H3,(H,18,20);1-11H,(H,18,20). The third kappa shape index (κ3) is 17.8. The molecule has 4 heterocycles. The summed E-state index contributed by atoms with van der Waals surface area (Å²) >= 11 is 11.9. The highest BCUT2D eigenvalue weighted by Gasteiger charge is 2.11. The van der Waals surface area contributed by atoms with Crippen LogP contribution >= 0.6 is 23.2 Å². The third-order valence-corrected chi connectivity index (χ3v) is 13.7. The average molecular weight is 1210 g/mol. The summed E-state index contributed by atoms with van der Waals surface area (Å²) in [4.78, 5) is 12.6. The van der Waals surface area contributed by atoms with Gasteiger partial charge in [-0.25, -0.2) is 0 Å². The van der Waals surface area contributed by atoms with Gasteiger partial charge in [-0.05, 0) is 116 Å². The number of carbonyl (C=O) groups is 1. The largest absolute Gasteiger partial charge is 0.495 e. The highest BCUT2D eigenvalue weighted by Crippen LogP contribution is 2.29. The summed E-state index contributed by atoms with van der Waals surface area (Å²) in [5.41, 5.74) is 13.3. The number of anilines is 8. The number of halogens is 2. The molecule has 0 radical (unpaired) electrons. The third-order valence-electron chi connectivity index (χ3n) is 13.2. The van der Waals surface area contributed by atoms with Gasteiger partial charge in [0.2, 0.25) is 0 Å². The van der Waals surface area contributed by atoms with E-state index in [-0.39, 0.29) is 5.78 Å². The highest BCUT2D eigenvalue weighted by molar-refractivity contribution is 6.31. The lowest BCUT2D eigenvalue weighted by Crippen LogP contribution is -2.02. The van der Waals surface area contributed by atoms with E-state index in [1.54, 1.807) is 7.11 Å². The lowest BCUT2D eigenvalue weighted by molar-refractivity contribution is 0.103. The molecule has 0 atom stereocenters. The normalized spacial score (nSPS) is 10.3. The Morgan fingerprint density at radius 2 is 0.719 bits per heavy atom. The molecule has 0 aliphatic carbocycles. The molecule has 4 N–H and O–H groups in total. The number of methoxy groups -OCH3 is 1. The summed E-state index contributed by atoms with van der Waals surface area (Å²) in [6.45, 7) is 2.01. The molecule has 0 spiro atoms. The number of para-hydroxylation sites is 2. The molecule has 9 aromatic carbocycles. The zero-order chi connectivity index (χ0) is 61.4. The number of carbonyl (C=O) groups excluding carboxylic acids is 1. The van der Waals surface area contributed by atoms with Crippen molar-refractivity contribution in [2.45, 2.75) is 6.92 Å². The molecule has 0 fully saturated rings. The van der Waals surface area contributed by atoms with Crippen molar-refractivity contribution in [3.8, 4) is 50.8 Å². The van der Waals surface area contributed by atoms with Crippen LogP contribution in [0.15, 0.2) is 291 Å². The molecule has 0 saturated heterocycles. The minimum absolute atomic E-state index is 0.00948. The number of ketones is 1. The second-order valence-corrected chi connectivity index (χ2v) is 20.5. The summed E-state index contributed by atoms with van der Waals surface area (Å²) in [7, 11) is 1.64. The maximum Gasteiger partial charge on any atom is 0.193 e. The lowest BCUT2D eigenvalue weighted by atomic mass is 10.0. The van der Waals surface area contributed by atoms with Crippen LogP contribution < -0.4 is 26.0 Å². The van der Waals surface area contributed by atoms with E-state index in [4.69, 9.17) is 27.9 Å². The number of hydrogen-bond donors (Lipinski definition) is 4. The van der Waals surface area contributed by atoms with E-state index < -0.39 is 0 Å². The average Bonchev–Trinajstić information content (AvgIpc) is 3.61. The molecular weight excluding hydrogens is 1150 g/mol. The Kier molecular flexibility index (Phi) is 21.2. The van der Waals surface area contributed by atoms with Crippen LogP contribution in [0.4, 0.5) is 46.0 Å². The first-order valence-corrected chi connectivity index (χ1v) is 28.9. The SMILES string of the molecule is COc1ccccc1Nc1ccc(-c2ccccc2)nn1.Cc1cc(-c2ccccc2)nnc1Nc1cccc(Cl)c1.Clc1cccc(Nc2ccc(-c3ccccc3)nn2)c1.O=C(c1ccccc1)c1cccc(Nc2ccc(-c3ccccc3)nn2)c1. The molecular formula is C73H58Cl2N12O2. The maximum atomic E-state index is 12.6. The minimum Gasteiger partial charge on any atom is -0.495 e. The number of hydrogen-bond acceptors (Lipinski definition) is 14. The number of nitrogens with one attached hydrogen (secondary N) is 4. The molecule has 13 rings (SSSR count). The van der Waals surface area contributed by atoms with Gasteiger partial charge in [0.15, 0.2) is 29.1 Å². The van der Waals surface area contributed by atoms with Crippen LogP contribution in [-0.2, 0) is 0 Å². The monoisotopic (exact) mass is 1200 g/mol. The van der Waals surface area contributed by atoms with Crippen molar-refractivity contribution >= 4 is 75.0 Å². The van der Waals surface area contributed by atoms with Crippen LogP contribution in [0.3, 0.4) is 0 Å². The van der Waals surface area contributed by atoms with Crippen LogP contribution in [-0.4, -0.2) is 53.7 Å². The molecule has 0 bridgehead atoms. The quantitative estimate of drug-likeness (QED) is 0.0713. The van der Waals surface area contributed by atoms with Crippen molar-refractivity contribution in [1.29, 1.82) is 0 Å². The van der Waals surface area contributed by atoms with E-state index in [9.17, 15) is 4.79 Å². The van der Waals surface area contributed by atoms with E-state index in [1.165, 1.54) is 0 Å². The summed E-state index contributed by atoms with van der Waals surface area (Å²) in [6.07, 6.45) is 0. The Bertz CT molecular complexity index is 4330. The van der Waals surface area contributed by atoms with Gasteiger partial charge in [-0.15, -0.1) is 40.8 Å². The fourth-order valence-corrected chi connectivity index (χ4v) is 9.17. The molecule has 14 nitrogen and oxygen atoms in total. The van der Waals surface area contributed by atoms with Gasteiger partial charge in [0, 0.05) is 60.5 Å². The lowest BCUT2D eigenvalue weighted by Gasteiger charge is -2.09. The molecule has 0 aliphatic heterocycles. The Balaban J connectivity index is 0.000000132.